The molecule has 1 aromatic heterocycles. The van der Waals surface area contributed by atoms with Gasteiger partial charge in [-0.2, -0.15) is 5.10 Å². The van der Waals surface area contributed by atoms with Gasteiger partial charge in [0, 0.05) is 26.1 Å². The summed E-state index contributed by atoms with van der Waals surface area (Å²) in [5.41, 5.74) is 2.04. The summed E-state index contributed by atoms with van der Waals surface area (Å²) in [5, 5.41) is 8.77. The first-order chi connectivity index (χ1) is 9.61. The van der Waals surface area contributed by atoms with E-state index in [-0.39, 0.29) is 0 Å². The van der Waals surface area contributed by atoms with Gasteiger partial charge in [-0.15, -0.1) is 0 Å². The lowest BCUT2D eigenvalue weighted by Crippen LogP contribution is -2.32. The van der Waals surface area contributed by atoms with Gasteiger partial charge in [0.1, 0.15) is 0 Å². The topological polar surface area (TPSA) is 39.1 Å². The van der Waals surface area contributed by atoms with E-state index in [0.29, 0.717) is 12.1 Å². The second-order valence-electron chi connectivity index (χ2n) is 5.64. The van der Waals surface area contributed by atoms with Crippen LogP contribution >= 0.6 is 11.6 Å². The van der Waals surface area contributed by atoms with Crippen LogP contribution in [-0.2, 0) is 18.2 Å². The average molecular weight is 300 g/mol. The van der Waals surface area contributed by atoms with Crippen LogP contribution in [0.2, 0.25) is 5.02 Å². The zero-order valence-corrected chi connectivity index (χ0v) is 13.5. The maximum atomic E-state index is 6.35. The molecule has 0 spiro atoms. The fraction of sp³-hybridized carbons (Fsp3) is 0.800. The van der Waals surface area contributed by atoms with E-state index in [0.717, 1.165) is 48.8 Å². The Bertz CT molecular complexity index is 427. The summed E-state index contributed by atoms with van der Waals surface area (Å²) in [6, 6.07) is 0.441. The first-order valence-electron chi connectivity index (χ1n) is 7.64. The molecule has 2 unspecified atom stereocenters. The van der Waals surface area contributed by atoms with E-state index in [1.807, 2.05) is 18.7 Å². The van der Waals surface area contributed by atoms with Gasteiger partial charge >= 0.3 is 0 Å². The van der Waals surface area contributed by atoms with E-state index < -0.39 is 0 Å². The summed E-state index contributed by atoms with van der Waals surface area (Å²) in [4.78, 5) is 0. The van der Waals surface area contributed by atoms with Crippen molar-refractivity contribution < 1.29 is 4.74 Å². The fourth-order valence-electron chi connectivity index (χ4n) is 2.96. The fourth-order valence-corrected chi connectivity index (χ4v) is 3.20. The van der Waals surface area contributed by atoms with Gasteiger partial charge in [0.2, 0.25) is 0 Å². The molecule has 0 radical (unpaired) electrons. The summed E-state index contributed by atoms with van der Waals surface area (Å²) in [6.07, 6.45) is 6.07. The van der Waals surface area contributed by atoms with Gasteiger partial charge < -0.3 is 10.1 Å². The minimum absolute atomic E-state index is 0.441. The highest BCUT2D eigenvalue weighted by molar-refractivity contribution is 6.31. The third-order valence-electron chi connectivity index (χ3n) is 4.06. The highest BCUT2D eigenvalue weighted by Gasteiger charge is 2.20. The molecule has 2 atom stereocenters. The molecule has 2 rings (SSSR count). The van der Waals surface area contributed by atoms with Crippen LogP contribution in [0, 0.1) is 6.92 Å². The highest BCUT2D eigenvalue weighted by Crippen LogP contribution is 2.23. The van der Waals surface area contributed by atoms with Crippen LogP contribution in [0.5, 0.6) is 0 Å². The SMILES string of the molecule is CCNC(CCC1CCCO1)Cc1c(Cl)c(C)nn1C. The van der Waals surface area contributed by atoms with E-state index in [1.165, 1.54) is 12.8 Å². The zero-order chi connectivity index (χ0) is 14.5. The van der Waals surface area contributed by atoms with Gasteiger partial charge in [-0.05, 0) is 39.2 Å². The summed E-state index contributed by atoms with van der Waals surface area (Å²) in [7, 11) is 1.97. The zero-order valence-electron chi connectivity index (χ0n) is 12.8. The van der Waals surface area contributed by atoms with E-state index >= 15 is 0 Å². The lowest BCUT2D eigenvalue weighted by atomic mass is 10.0. The molecule has 0 aliphatic carbocycles. The third kappa shape index (κ3) is 3.96. The maximum Gasteiger partial charge on any atom is 0.0847 e. The number of hydrogen-bond acceptors (Lipinski definition) is 3. The van der Waals surface area contributed by atoms with Crippen LogP contribution in [0.4, 0.5) is 0 Å². The van der Waals surface area contributed by atoms with Crippen LogP contribution < -0.4 is 5.32 Å². The van der Waals surface area contributed by atoms with E-state index in [1.54, 1.807) is 0 Å². The number of aromatic nitrogens is 2. The molecule has 0 bridgehead atoms. The number of nitrogens with one attached hydrogen (secondary N) is 1. The number of rotatable bonds is 7. The van der Waals surface area contributed by atoms with Crippen molar-refractivity contribution >= 4 is 11.6 Å². The molecule has 5 heteroatoms. The number of ether oxygens (including phenoxy) is 1. The van der Waals surface area contributed by atoms with Gasteiger partial charge in [-0.3, -0.25) is 4.68 Å². The minimum Gasteiger partial charge on any atom is -0.378 e. The van der Waals surface area contributed by atoms with Crippen molar-refractivity contribution in [3.8, 4) is 0 Å². The lowest BCUT2D eigenvalue weighted by molar-refractivity contribution is 0.0995. The van der Waals surface area contributed by atoms with Crippen molar-refractivity contribution in [1.29, 1.82) is 0 Å². The number of likely N-dealkylation sites (N-methyl/N-ethyl adjacent to an activating group) is 1. The molecule has 1 aromatic rings. The van der Waals surface area contributed by atoms with Gasteiger partial charge in [0.05, 0.1) is 22.5 Å². The Labute approximate surface area is 126 Å². The van der Waals surface area contributed by atoms with Crippen molar-refractivity contribution in [3.63, 3.8) is 0 Å². The molecule has 1 N–H and O–H groups in total. The first kappa shape index (κ1) is 15.8. The molecule has 0 amide bonds. The maximum absolute atomic E-state index is 6.35. The molecule has 114 valence electrons. The molecular weight excluding hydrogens is 274 g/mol. The van der Waals surface area contributed by atoms with Crippen LogP contribution in [-0.4, -0.2) is 35.1 Å². The van der Waals surface area contributed by atoms with Crippen LogP contribution in [0.15, 0.2) is 0 Å². The van der Waals surface area contributed by atoms with E-state index in [2.05, 4.69) is 17.3 Å². The number of aryl methyl sites for hydroxylation is 2. The Hall–Kier alpha value is -0.580. The standard InChI is InChI=1S/C15H26ClN3O/c1-4-17-12(7-8-13-6-5-9-20-13)10-14-15(16)11(2)18-19(14)3/h12-13,17H,4-10H2,1-3H3. The van der Waals surface area contributed by atoms with Gasteiger partial charge in [0.15, 0.2) is 0 Å². The summed E-state index contributed by atoms with van der Waals surface area (Å²) < 4.78 is 7.62. The molecule has 4 nitrogen and oxygen atoms in total. The third-order valence-corrected chi connectivity index (χ3v) is 4.55. The molecular formula is C15H26ClN3O. The van der Waals surface area contributed by atoms with E-state index in [4.69, 9.17) is 16.3 Å². The molecule has 0 aromatic carbocycles. The Morgan fingerprint density at radius 3 is 2.90 bits per heavy atom. The van der Waals surface area contributed by atoms with Crippen molar-refractivity contribution in [1.82, 2.24) is 15.1 Å². The molecule has 1 aliphatic heterocycles. The normalized spacial score (nSPS) is 20.5. The summed E-state index contributed by atoms with van der Waals surface area (Å²) in [6.45, 7) is 6.02. The monoisotopic (exact) mass is 299 g/mol. The van der Waals surface area contributed by atoms with Crippen LogP contribution in [0.1, 0.15) is 44.0 Å². The quantitative estimate of drug-likeness (QED) is 0.841. The van der Waals surface area contributed by atoms with Gasteiger partial charge in [0.25, 0.3) is 0 Å². The minimum atomic E-state index is 0.441. The molecule has 1 fully saturated rings. The molecule has 1 saturated heterocycles. The Balaban J connectivity index is 1.93. The molecule has 20 heavy (non-hydrogen) atoms. The predicted molar refractivity (Wildman–Crippen MR) is 82.3 cm³/mol. The second-order valence-corrected chi connectivity index (χ2v) is 6.02. The predicted octanol–water partition coefficient (Wildman–Crippen LogP) is 2.86. The summed E-state index contributed by atoms with van der Waals surface area (Å²) in [5.74, 6) is 0. The number of nitrogens with zero attached hydrogens (tertiary/aromatic N) is 2. The molecule has 1 aliphatic rings. The van der Waals surface area contributed by atoms with Crippen molar-refractivity contribution in [2.75, 3.05) is 13.2 Å². The lowest BCUT2D eigenvalue weighted by Gasteiger charge is -2.20. The van der Waals surface area contributed by atoms with Crippen molar-refractivity contribution in [2.24, 2.45) is 7.05 Å². The second kappa shape index (κ2) is 7.43. The summed E-state index contributed by atoms with van der Waals surface area (Å²) >= 11 is 6.35. The Kier molecular flexibility index (Phi) is 5.87. The Morgan fingerprint density at radius 2 is 2.35 bits per heavy atom. The number of hydrogen-bond donors (Lipinski definition) is 1. The van der Waals surface area contributed by atoms with Crippen molar-refractivity contribution in [2.45, 2.75) is 58.1 Å². The van der Waals surface area contributed by atoms with E-state index in [9.17, 15) is 0 Å². The van der Waals surface area contributed by atoms with Gasteiger partial charge in [-0.1, -0.05) is 18.5 Å². The average Bonchev–Trinajstić information content (AvgIpc) is 3.00. The molecule has 2 heterocycles. The Morgan fingerprint density at radius 1 is 1.55 bits per heavy atom. The first-order valence-corrected chi connectivity index (χ1v) is 8.02. The van der Waals surface area contributed by atoms with Crippen LogP contribution in [0.3, 0.4) is 0 Å². The smallest absolute Gasteiger partial charge is 0.0847 e. The largest absolute Gasteiger partial charge is 0.378 e. The van der Waals surface area contributed by atoms with Crippen molar-refractivity contribution in [3.05, 3.63) is 16.4 Å². The molecule has 0 saturated carbocycles. The number of halogens is 1. The van der Waals surface area contributed by atoms with Crippen LogP contribution in [0.25, 0.3) is 0 Å². The highest BCUT2D eigenvalue weighted by atomic mass is 35.5. The van der Waals surface area contributed by atoms with Gasteiger partial charge in [-0.25, -0.2) is 0 Å².